The zero-order valence-electron chi connectivity index (χ0n) is 14.8. The maximum absolute atomic E-state index is 6.03. The minimum absolute atomic E-state index is 0. The van der Waals surface area contributed by atoms with Gasteiger partial charge in [-0.25, -0.2) is 0 Å². The fraction of sp³-hybridized carbons (Fsp3) is 0.684. The van der Waals surface area contributed by atoms with Crippen LogP contribution in [0.1, 0.15) is 31.7 Å². The van der Waals surface area contributed by atoms with E-state index in [9.17, 15) is 0 Å². The van der Waals surface area contributed by atoms with Gasteiger partial charge in [0.25, 0.3) is 0 Å². The molecule has 1 aliphatic heterocycles. The summed E-state index contributed by atoms with van der Waals surface area (Å²) < 4.78 is 11.7. The van der Waals surface area contributed by atoms with E-state index in [1.165, 1.54) is 24.8 Å². The van der Waals surface area contributed by atoms with Gasteiger partial charge in [0.15, 0.2) is 0 Å². The minimum Gasteiger partial charge on any atom is -0.489 e. The summed E-state index contributed by atoms with van der Waals surface area (Å²) >= 11 is 0. The van der Waals surface area contributed by atoms with Crippen molar-refractivity contribution >= 4 is 12.4 Å². The third-order valence-electron chi connectivity index (χ3n) is 5.03. The number of ether oxygens (including phenoxy) is 2. The van der Waals surface area contributed by atoms with Gasteiger partial charge in [0.2, 0.25) is 0 Å². The lowest BCUT2D eigenvalue weighted by Gasteiger charge is -2.33. The second-order valence-electron chi connectivity index (χ2n) is 6.99. The molecule has 4 unspecified atom stereocenters. The van der Waals surface area contributed by atoms with Crippen LogP contribution in [-0.2, 0) is 4.74 Å². The Kier molecular flexibility index (Phi) is 7.82. The monoisotopic (exact) mass is 354 g/mol. The fourth-order valence-corrected chi connectivity index (χ4v) is 3.86. The Labute approximate surface area is 152 Å². The van der Waals surface area contributed by atoms with Crippen molar-refractivity contribution in [2.75, 3.05) is 26.3 Å². The summed E-state index contributed by atoms with van der Waals surface area (Å²) in [4.78, 5) is 0. The topological polar surface area (TPSA) is 42.5 Å². The largest absolute Gasteiger partial charge is 0.489 e. The molecule has 0 radical (unpaired) electrons. The van der Waals surface area contributed by atoms with Gasteiger partial charge in [-0.1, -0.05) is 18.6 Å². The highest BCUT2D eigenvalue weighted by atomic mass is 35.5. The van der Waals surface area contributed by atoms with Crippen LogP contribution < -0.4 is 15.4 Å². The third-order valence-corrected chi connectivity index (χ3v) is 5.03. The van der Waals surface area contributed by atoms with Crippen molar-refractivity contribution in [3.05, 3.63) is 29.8 Å². The molecular formula is C19H31ClN2O2. The van der Waals surface area contributed by atoms with E-state index in [1.54, 1.807) is 0 Å². The summed E-state index contributed by atoms with van der Waals surface area (Å²) in [6.07, 6.45) is 4.05. The fourth-order valence-electron chi connectivity index (χ4n) is 3.86. The van der Waals surface area contributed by atoms with Gasteiger partial charge in [-0.3, -0.25) is 0 Å². The highest BCUT2D eigenvalue weighted by molar-refractivity contribution is 5.85. The SMILES string of the molecule is Cc1cccc(OC(C)CNC2CCCC2C2COCCN2)c1.Cl. The van der Waals surface area contributed by atoms with Crippen LogP contribution in [0.25, 0.3) is 0 Å². The molecule has 0 bridgehead atoms. The molecule has 2 N–H and O–H groups in total. The van der Waals surface area contributed by atoms with Crippen molar-refractivity contribution in [1.82, 2.24) is 10.6 Å². The van der Waals surface area contributed by atoms with Crippen molar-refractivity contribution in [1.29, 1.82) is 0 Å². The van der Waals surface area contributed by atoms with Crippen LogP contribution in [-0.4, -0.2) is 44.5 Å². The van der Waals surface area contributed by atoms with Crippen molar-refractivity contribution in [2.45, 2.75) is 51.3 Å². The molecule has 3 rings (SSSR count). The quantitative estimate of drug-likeness (QED) is 0.824. The lowest BCUT2D eigenvalue weighted by molar-refractivity contribution is 0.0518. The average molecular weight is 355 g/mol. The van der Waals surface area contributed by atoms with Crippen LogP contribution in [0.5, 0.6) is 5.75 Å². The number of nitrogens with one attached hydrogen (secondary N) is 2. The Morgan fingerprint density at radius 2 is 2.25 bits per heavy atom. The Hall–Kier alpha value is -0.810. The van der Waals surface area contributed by atoms with Gasteiger partial charge < -0.3 is 20.1 Å². The Morgan fingerprint density at radius 1 is 1.38 bits per heavy atom. The summed E-state index contributed by atoms with van der Waals surface area (Å²) in [7, 11) is 0. The van der Waals surface area contributed by atoms with Crippen molar-refractivity contribution in [3.8, 4) is 5.75 Å². The molecule has 1 aromatic carbocycles. The summed E-state index contributed by atoms with van der Waals surface area (Å²) in [6, 6.07) is 9.36. The van der Waals surface area contributed by atoms with E-state index in [0.717, 1.165) is 32.1 Å². The van der Waals surface area contributed by atoms with Gasteiger partial charge in [0, 0.05) is 25.2 Å². The first-order valence-electron chi connectivity index (χ1n) is 9.00. The molecule has 1 saturated heterocycles. The molecule has 4 atom stereocenters. The zero-order valence-corrected chi connectivity index (χ0v) is 15.6. The molecular weight excluding hydrogens is 324 g/mol. The standard InChI is InChI=1S/C19H30N2O2.ClH/c1-14-5-3-6-16(11-14)23-15(2)12-21-18-8-4-7-17(18)19-13-22-10-9-20-19;/h3,5-6,11,15,17-21H,4,7-10,12-13H2,1-2H3;1H. The van der Waals surface area contributed by atoms with Crippen molar-refractivity contribution < 1.29 is 9.47 Å². The Bertz CT molecular complexity index is 494. The van der Waals surface area contributed by atoms with E-state index < -0.39 is 0 Å². The number of hydrogen-bond acceptors (Lipinski definition) is 4. The molecule has 1 heterocycles. The van der Waals surface area contributed by atoms with Gasteiger partial charge >= 0.3 is 0 Å². The van der Waals surface area contributed by atoms with E-state index in [0.29, 0.717) is 18.0 Å². The second-order valence-corrected chi connectivity index (χ2v) is 6.99. The van der Waals surface area contributed by atoms with Crippen LogP contribution in [0.15, 0.2) is 24.3 Å². The van der Waals surface area contributed by atoms with Crippen LogP contribution in [0.4, 0.5) is 0 Å². The van der Waals surface area contributed by atoms with Crippen LogP contribution in [0.3, 0.4) is 0 Å². The molecule has 1 saturated carbocycles. The number of morpholine rings is 1. The molecule has 1 aromatic rings. The van der Waals surface area contributed by atoms with Gasteiger partial charge in [-0.2, -0.15) is 0 Å². The second kappa shape index (κ2) is 9.62. The molecule has 24 heavy (non-hydrogen) atoms. The van der Waals surface area contributed by atoms with Crippen molar-refractivity contribution in [2.24, 2.45) is 5.92 Å². The van der Waals surface area contributed by atoms with Crippen molar-refractivity contribution in [3.63, 3.8) is 0 Å². The van der Waals surface area contributed by atoms with E-state index >= 15 is 0 Å². The molecule has 2 fully saturated rings. The van der Waals surface area contributed by atoms with Gasteiger partial charge in [0.05, 0.1) is 13.2 Å². The van der Waals surface area contributed by atoms with E-state index in [-0.39, 0.29) is 18.5 Å². The summed E-state index contributed by atoms with van der Waals surface area (Å²) in [5.74, 6) is 1.64. The number of halogens is 1. The van der Waals surface area contributed by atoms with Gasteiger partial charge in [0.1, 0.15) is 11.9 Å². The normalized spacial score (nSPS) is 28.2. The maximum Gasteiger partial charge on any atom is 0.120 e. The highest BCUT2D eigenvalue weighted by Crippen LogP contribution is 2.29. The van der Waals surface area contributed by atoms with Crippen LogP contribution >= 0.6 is 12.4 Å². The third kappa shape index (κ3) is 5.35. The summed E-state index contributed by atoms with van der Waals surface area (Å²) in [5.41, 5.74) is 1.24. The molecule has 0 spiro atoms. The first-order valence-corrected chi connectivity index (χ1v) is 9.00. The lowest BCUT2D eigenvalue weighted by atomic mass is 9.94. The molecule has 0 amide bonds. The van der Waals surface area contributed by atoms with Crippen LogP contribution in [0, 0.1) is 12.8 Å². The number of hydrogen-bond donors (Lipinski definition) is 2. The number of aryl methyl sites for hydroxylation is 1. The predicted octanol–water partition coefficient (Wildman–Crippen LogP) is 2.93. The summed E-state index contributed by atoms with van der Waals surface area (Å²) in [5, 5.41) is 7.37. The van der Waals surface area contributed by atoms with E-state index in [4.69, 9.17) is 9.47 Å². The highest BCUT2D eigenvalue weighted by Gasteiger charge is 2.34. The predicted molar refractivity (Wildman–Crippen MR) is 100 cm³/mol. The smallest absolute Gasteiger partial charge is 0.120 e. The Balaban J connectivity index is 0.00000208. The maximum atomic E-state index is 6.03. The molecule has 0 aromatic heterocycles. The summed E-state index contributed by atoms with van der Waals surface area (Å²) in [6.45, 7) is 7.82. The minimum atomic E-state index is 0. The van der Waals surface area contributed by atoms with E-state index in [2.05, 4.69) is 36.6 Å². The number of benzene rings is 1. The Morgan fingerprint density at radius 3 is 3.00 bits per heavy atom. The average Bonchev–Trinajstić information content (AvgIpc) is 3.02. The lowest BCUT2D eigenvalue weighted by Crippen LogP contribution is -2.51. The number of rotatable bonds is 6. The molecule has 136 valence electrons. The van der Waals surface area contributed by atoms with Crippen LogP contribution in [0.2, 0.25) is 0 Å². The van der Waals surface area contributed by atoms with E-state index in [1.807, 2.05) is 12.1 Å². The first-order chi connectivity index (χ1) is 11.2. The van der Waals surface area contributed by atoms with Gasteiger partial charge in [-0.05, 0) is 50.3 Å². The molecule has 1 aliphatic carbocycles. The van der Waals surface area contributed by atoms with Gasteiger partial charge in [-0.15, -0.1) is 12.4 Å². The first kappa shape index (κ1) is 19.5. The molecule has 5 heteroatoms. The zero-order chi connectivity index (χ0) is 16.1. The molecule has 4 nitrogen and oxygen atoms in total. The molecule has 2 aliphatic rings.